The molecule has 0 bridgehead atoms. The number of amides is 2. The number of morpholine rings is 1. The molecule has 0 radical (unpaired) electrons. The number of hydrogen-bond acceptors (Lipinski definition) is 6. The van der Waals surface area contributed by atoms with Crippen molar-refractivity contribution in [3.63, 3.8) is 0 Å². The van der Waals surface area contributed by atoms with Crippen LogP contribution in [0, 0.1) is 11.8 Å². The van der Waals surface area contributed by atoms with Gasteiger partial charge in [0.05, 0.1) is 19.8 Å². The molecule has 2 saturated heterocycles. The molecule has 31 heavy (non-hydrogen) atoms. The average molecular weight is 434 g/mol. The number of nitrogens with zero attached hydrogens (tertiary/aromatic N) is 1. The van der Waals surface area contributed by atoms with Crippen molar-refractivity contribution in [1.29, 1.82) is 0 Å². The molecule has 2 heterocycles. The number of hydrogen-bond donors (Lipinski definition) is 2. The van der Waals surface area contributed by atoms with Gasteiger partial charge in [0, 0.05) is 38.2 Å². The summed E-state index contributed by atoms with van der Waals surface area (Å²) in [5.74, 6) is 0.490. The van der Waals surface area contributed by atoms with Gasteiger partial charge in [-0.25, -0.2) is 0 Å². The number of benzene rings is 1. The summed E-state index contributed by atoms with van der Waals surface area (Å²) in [5, 5.41) is 5.91. The smallest absolute Gasteiger partial charge is 0.258 e. The van der Waals surface area contributed by atoms with E-state index < -0.39 is 6.04 Å². The zero-order valence-electron chi connectivity index (χ0n) is 18.5. The Bertz CT molecular complexity index is 688. The summed E-state index contributed by atoms with van der Waals surface area (Å²) in [7, 11) is 0. The van der Waals surface area contributed by atoms with Gasteiger partial charge in [0.1, 0.15) is 11.8 Å². The van der Waals surface area contributed by atoms with Gasteiger partial charge in [-0.15, -0.1) is 0 Å². The number of nitrogens with one attached hydrogen (secondary N) is 2. The second kappa shape index (κ2) is 12.0. The van der Waals surface area contributed by atoms with E-state index in [0.717, 1.165) is 32.7 Å². The van der Waals surface area contributed by atoms with E-state index >= 15 is 0 Å². The zero-order valence-corrected chi connectivity index (χ0v) is 18.5. The first-order valence-electron chi connectivity index (χ1n) is 11.2. The van der Waals surface area contributed by atoms with Gasteiger partial charge < -0.3 is 24.8 Å². The molecule has 0 saturated carbocycles. The molecule has 1 aromatic carbocycles. The maximum absolute atomic E-state index is 13.0. The van der Waals surface area contributed by atoms with Crippen LogP contribution < -0.4 is 15.4 Å². The number of carbonyl (C=O) groups excluding carboxylic acids is 2. The average Bonchev–Trinajstić information content (AvgIpc) is 3.32. The third-order valence-electron chi connectivity index (χ3n) is 5.89. The van der Waals surface area contributed by atoms with Crippen molar-refractivity contribution in [3.05, 3.63) is 30.3 Å². The minimum absolute atomic E-state index is 0.0441. The first kappa shape index (κ1) is 23.5. The molecule has 1 aromatic rings. The Morgan fingerprint density at radius 3 is 2.52 bits per heavy atom. The number of ether oxygens (including phenoxy) is 3. The largest absolute Gasteiger partial charge is 0.484 e. The fourth-order valence-electron chi connectivity index (χ4n) is 4.09. The predicted molar refractivity (Wildman–Crippen MR) is 117 cm³/mol. The molecule has 0 spiro atoms. The molecule has 2 aliphatic rings. The summed E-state index contributed by atoms with van der Waals surface area (Å²) in [6, 6.07) is 8.75. The minimum Gasteiger partial charge on any atom is -0.484 e. The Morgan fingerprint density at radius 2 is 1.87 bits per heavy atom. The third kappa shape index (κ3) is 7.19. The van der Waals surface area contributed by atoms with Crippen LogP contribution in [0.2, 0.25) is 0 Å². The van der Waals surface area contributed by atoms with Crippen molar-refractivity contribution in [2.24, 2.45) is 11.8 Å². The molecular weight excluding hydrogens is 398 g/mol. The van der Waals surface area contributed by atoms with Crippen LogP contribution in [-0.2, 0) is 19.1 Å². The molecule has 172 valence electrons. The Labute approximate surface area is 184 Å². The Balaban J connectivity index is 1.52. The van der Waals surface area contributed by atoms with Gasteiger partial charge in [0.2, 0.25) is 5.91 Å². The monoisotopic (exact) mass is 433 g/mol. The minimum atomic E-state index is -0.614. The van der Waals surface area contributed by atoms with E-state index in [1.165, 1.54) is 0 Å². The van der Waals surface area contributed by atoms with Crippen LogP contribution in [0.4, 0.5) is 0 Å². The number of rotatable bonds is 10. The quantitative estimate of drug-likeness (QED) is 0.574. The molecule has 2 fully saturated rings. The van der Waals surface area contributed by atoms with Crippen molar-refractivity contribution in [2.75, 3.05) is 52.7 Å². The lowest BCUT2D eigenvalue weighted by Gasteiger charge is -2.37. The van der Waals surface area contributed by atoms with E-state index in [4.69, 9.17) is 14.2 Å². The summed E-state index contributed by atoms with van der Waals surface area (Å²) in [5.41, 5.74) is 0. The van der Waals surface area contributed by atoms with Crippen LogP contribution in [0.25, 0.3) is 0 Å². The molecule has 2 N–H and O–H groups in total. The van der Waals surface area contributed by atoms with Crippen molar-refractivity contribution < 1.29 is 23.8 Å². The summed E-state index contributed by atoms with van der Waals surface area (Å²) < 4.78 is 16.6. The van der Waals surface area contributed by atoms with Crippen LogP contribution in [0.1, 0.15) is 20.3 Å². The van der Waals surface area contributed by atoms with Crippen molar-refractivity contribution in [1.82, 2.24) is 15.5 Å². The van der Waals surface area contributed by atoms with Gasteiger partial charge in [0.15, 0.2) is 6.61 Å². The van der Waals surface area contributed by atoms with Gasteiger partial charge in [-0.3, -0.25) is 14.5 Å². The molecule has 3 unspecified atom stereocenters. The van der Waals surface area contributed by atoms with Crippen molar-refractivity contribution in [2.45, 2.75) is 32.4 Å². The molecule has 3 atom stereocenters. The molecular formula is C23H35N3O5. The van der Waals surface area contributed by atoms with Gasteiger partial charge in [-0.1, -0.05) is 32.0 Å². The Hall–Kier alpha value is -2.16. The van der Waals surface area contributed by atoms with Crippen LogP contribution in [0.15, 0.2) is 30.3 Å². The second-order valence-corrected chi connectivity index (χ2v) is 8.48. The maximum atomic E-state index is 13.0. The lowest BCUT2D eigenvalue weighted by atomic mass is 9.96. The fraction of sp³-hybridized carbons (Fsp3) is 0.652. The highest BCUT2D eigenvalue weighted by Crippen LogP contribution is 2.22. The second-order valence-electron chi connectivity index (χ2n) is 8.48. The highest BCUT2D eigenvalue weighted by atomic mass is 16.5. The summed E-state index contributed by atoms with van der Waals surface area (Å²) in [6.45, 7) is 8.89. The SMILES string of the molecule is CC(C)C(NC(=O)COc1ccccc1)C(=O)NCC(C1CCOC1)N1CCOCC1. The molecule has 0 aromatic heterocycles. The lowest BCUT2D eigenvalue weighted by Crippen LogP contribution is -2.56. The molecule has 8 heteroatoms. The lowest BCUT2D eigenvalue weighted by molar-refractivity contribution is -0.131. The van der Waals surface area contributed by atoms with Gasteiger partial charge in [-0.2, -0.15) is 0 Å². The van der Waals surface area contributed by atoms with E-state index in [0.29, 0.717) is 31.4 Å². The Morgan fingerprint density at radius 1 is 1.13 bits per heavy atom. The first-order valence-corrected chi connectivity index (χ1v) is 11.2. The van der Waals surface area contributed by atoms with Crippen LogP contribution in [0.5, 0.6) is 5.75 Å². The van der Waals surface area contributed by atoms with Crippen LogP contribution in [0.3, 0.4) is 0 Å². The van der Waals surface area contributed by atoms with E-state index in [-0.39, 0.29) is 30.4 Å². The molecule has 3 rings (SSSR count). The van der Waals surface area contributed by atoms with E-state index in [9.17, 15) is 9.59 Å². The highest BCUT2D eigenvalue weighted by Gasteiger charge is 2.33. The Kier molecular flexibility index (Phi) is 9.12. The molecule has 2 amide bonds. The predicted octanol–water partition coefficient (Wildman–Crippen LogP) is 1.06. The summed E-state index contributed by atoms with van der Waals surface area (Å²) in [4.78, 5) is 27.7. The molecule has 2 aliphatic heterocycles. The molecule has 8 nitrogen and oxygen atoms in total. The number of para-hydroxylation sites is 1. The summed E-state index contributed by atoms with van der Waals surface area (Å²) in [6.07, 6.45) is 0.999. The standard InChI is InChI=1S/C23H35N3O5/c1-17(2)22(25-21(27)16-31-19-6-4-3-5-7-19)23(28)24-14-20(18-8-11-30-15-18)26-9-12-29-13-10-26/h3-7,17-18,20,22H,8-16H2,1-2H3,(H,24,28)(H,25,27). The highest BCUT2D eigenvalue weighted by molar-refractivity contribution is 5.88. The molecule has 0 aliphatic carbocycles. The third-order valence-corrected chi connectivity index (χ3v) is 5.89. The van der Waals surface area contributed by atoms with Gasteiger partial charge in [0.25, 0.3) is 5.91 Å². The van der Waals surface area contributed by atoms with E-state index in [1.807, 2.05) is 32.0 Å². The van der Waals surface area contributed by atoms with Gasteiger partial charge in [-0.05, 0) is 24.5 Å². The number of carbonyl (C=O) groups is 2. The van der Waals surface area contributed by atoms with Gasteiger partial charge >= 0.3 is 0 Å². The van der Waals surface area contributed by atoms with Crippen molar-refractivity contribution in [3.8, 4) is 5.75 Å². The topological polar surface area (TPSA) is 89.1 Å². The fourth-order valence-corrected chi connectivity index (χ4v) is 4.09. The normalized spacial score (nSPS) is 21.5. The zero-order chi connectivity index (χ0) is 22.1. The first-order chi connectivity index (χ1) is 15.0. The van der Waals surface area contributed by atoms with Crippen LogP contribution in [-0.4, -0.2) is 81.5 Å². The maximum Gasteiger partial charge on any atom is 0.258 e. The van der Waals surface area contributed by atoms with E-state index in [1.54, 1.807) is 12.1 Å². The summed E-state index contributed by atoms with van der Waals surface area (Å²) >= 11 is 0. The van der Waals surface area contributed by atoms with Crippen molar-refractivity contribution >= 4 is 11.8 Å². The van der Waals surface area contributed by atoms with E-state index in [2.05, 4.69) is 15.5 Å². The van der Waals surface area contributed by atoms with Crippen LogP contribution >= 0.6 is 0 Å².